The van der Waals surface area contributed by atoms with Gasteiger partial charge in [-0.15, -0.1) is 11.3 Å². The molecule has 3 heterocycles. The quantitative estimate of drug-likeness (QED) is 0.323. The van der Waals surface area contributed by atoms with Crippen molar-refractivity contribution in [1.82, 2.24) is 9.55 Å². The second-order valence-electron chi connectivity index (χ2n) is 7.60. The van der Waals surface area contributed by atoms with Crippen molar-refractivity contribution in [2.45, 2.75) is 37.4 Å². The van der Waals surface area contributed by atoms with E-state index in [-0.39, 0.29) is 23.8 Å². The number of fused-ring (bicyclic) bond motifs is 3. The fourth-order valence-corrected chi connectivity index (χ4v) is 6.02. The summed E-state index contributed by atoms with van der Waals surface area (Å²) < 4.78 is 20.4. The summed E-state index contributed by atoms with van der Waals surface area (Å²) in [6, 6.07) is 9.32. The highest BCUT2D eigenvalue weighted by Crippen LogP contribution is 2.34. The van der Waals surface area contributed by atoms with E-state index in [2.05, 4.69) is 5.32 Å². The molecule has 3 aromatic heterocycles. The Bertz CT molecular complexity index is 1340. The molecule has 9 heteroatoms. The fraction of sp³-hybridized carbons (Fsp3) is 0.261. The van der Waals surface area contributed by atoms with Crippen LogP contribution in [-0.2, 0) is 24.2 Å². The number of nitrogens with zero attached hydrogens (tertiary/aromatic N) is 2. The summed E-state index contributed by atoms with van der Waals surface area (Å²) in [4.78, 5) is 32.7. The summed E-state index contributed by atoms with van der Waals surface area (Å²) in [6.45, 7) is 0.243. The molecule has 0 saturated heterocycles. The average Bonchev–Trinajstić information content (AvgIpc) is 3.42. The van der Waals surface area contributed by atoms with Crippen LogP contribution < -0.4 is 10.9 Å². The lowest BCUT2D eigenvalue weighted by molar-refractivity contribution is -0.113. The van der Waals surface area contributed by atoms with E-state index in [9.17, 15) is 14.0 Å². The molecule has 32 heavy (non-hydrogen) atoms. The van der Waals surface area contributed by atoms with Crippen molar-refractivity contribution in [2.24, 2.45) is 0 Å². The highest BCUT2D eigenvalue weighted by atomic mass is 32.2. The molecule has 1 aliphatic carbocycles. The number of halogens is 1. The van der Waals surface area contributed by atoms with Gasteiger partial charge in [-0.25, -0.2) is 9.37 Å². The Kier molecular flexibility index (Phi) is 5.84. The fourth-order valence-electron chi connectivity index (χ4n) is 3.92. The molecule has 0 spiro atoms. The van der Waals surface area contributed by atoms with Gasteiger partial charge in [-0.3, -0.25) is 14.2 Å². The molecular weight excluding hydrogens is 449 g/mol. The summed E-state index contributed by atoms with van der Waals surface area (Å²) in [7, 11) is 0. The molecule has 0 bridgehead atoms. The van der Waals surface area contributed by atoms with Gasteiger partial charge in [0, 0.05) is 10.6 Å². The number of aryl methyl sites for hydroxylation is 2. The van der Waals surface area contributed by atoms with Crippen molar-refractivity contribution in [3.05, 3.63) is 75.0 Å². The minimum Gasteiger partial charge on any atom is -0.467 e. The summed E-state index contributed by atoms with van der Waals surface area (Å²) in [6.07, 6.45) is 5.65. The smallest absolute Gasteiger partial charge is 0.263 e. The maximum atomic E-state index is 13.5. The Morgan fingerprint density at radius 3 is 2.94 bits per heavy atom. The average molecular weight is 470 g/mol. The molecule has 6 nitrogen and oxygen atoms in total. The lowest BCUT2D eigenvalue weighted by atomic mass is 9.97. The number of thiophene rings is 1. The highest BCUT2D eigenvalue weighted by Gasteiger charge is 2.23. The van der Waals surface area contributed by atoms with E-state index in [0.717, 1.165) is 36.1 Å². The molecule has 1 aliphatic rings. The Balaban J connectivity index is 1.46. The number of thioether (sulfide) groups is 1. The second kappa shape index (κ2) is 8.91. The van der Waals surface area contributed by atoms with Crippen LogP contribution in [0.4, 0.5) is 10.1 Å². The van der Waals surface area contributed by atoms with Gasteiger partial charge in [-0.05, 0) is 61.6 Å². The van der Waals surface area contributed by atoms with Crippen LogP contribution in [0.25, 0.3) is 10.2 Å². The second-order valence-corrected chi connectivity index (χ2v) is 9.63. The SMILES string of the molecule is O=C(CSc1nc2sc3c(c2c(=O)n1Cc1ccco1)CCCC3)Nc1cccc(F)c1. The van der Waals surface area contributed by atoms with Crippen LogP contribution in [0.5, 0.6) is 0 Å². The van der Waals surface area contributed by atoms with Gasteiger partial charge in [0.1, 0.15) is 16.4 Å². The number of benzene rings is 1. The third kappa shape index (κ3) is 4.22. The van der Waals surface area contributed by atoms with Crippen LogP contribution in [0.15, 0.2) is 57.0 Å². The van der Waals surface area contributed by atoms with E-state index < -0.39 is 5.82 Å². The van der Waals surface area contributed by atoms with Crippen molar-refractivity contribution in [3.8, 4) is 0 Å². The van der Waals surface area contributed by atoms with E-state index in [0.29, 0.717) is 22.0 Å². The molecule has 5 rings (SSSR count). The van der Waals surface area contributed by atoms with Crippen molar-refractivity contribution >= 4 is 44.9 Å². The zero-order chi connectivity index (χ0) is 22.1. The zero-order valence-corrected chi connectivity index (χ0v) is 18.7. The molecule has 1 aromatic carbocycles. The Morgan fingerprint density at radius 2 is 2.12 bits per heavy atom. The van der Waals surface area contributed by atoms with E-state index in [1.807, 2.05) is 6.07 Å². The number of hydrogen-bond donors (Lipinski definition) is 1. The molecule has 0 radical (unpaired) electrons. The summed E-state index contributed by atoms with van der Waals surface area (Å²) in [5, 5.41) is 3.84. The summed E-state index contributed by atoms with van der Waals surface area (Å²) >= 11 is 2.77. The molecule has 4 aromatic rings. The first kappa shape index (κ1) is 21.0. The van der Waals surface area contributed by atoms with Crippen molar-refractivity contribution in [2.75, 3.05) is 11.1 Å². The molecule has 164 valence electrons. The lowest BCUT2D eigenvalue weighted by Gasteiger charge is -2.13. The number of rotatable bonds is 6. The van der Waals surface area contributed by atoms with E-state index in [4.69, 9.17) is 9.40 Å². The predicted molar refractivity (Wildman–Crippen MR) is 124 cm³/mol. The molecule has 0 atom stereocenters. The maximum Gasteiger partial charge on any atom is 0.263 e. The van der Waals surface area contributed by atoms with E-state index in [1.54, 1.807) is 34.3 Å². The van der Waals surface area contributed by atoms with Gasteiger partial charge in [0.25, 0.3) is 5.56 Å². The topological polar surface area (TPSA) is 77.1 Å². The van der Waals surface area contributed by atoms with E-state index >= 15 is 0 Å². The monoisotopic (exact) mass is 469 g/mol. The number of aromatic nitrogens is 2. The van der Waals surface area contributed by atoms with Gasteiger partial charge in [0.2, 0.25) is 5.91 Å². The predicted octanol–water partition coefficient (Wildman–Crippen LogP) is 4.85. The molecule has 1 amide bonds. The van der Waals surface area contributed by atoms with Crippen LogP contribution >= 0.6 is 23.1 Å². The van der Waals surface area contributed by atoms with Crippen LogP contribution in [0.3, 0.4) is 0 Å². The number of nitrogens with one attached hydrogen (secondary N) is 1. The summed E-state index contributed by atoms with van der Waals surface area (Å²) in [5.74, 6) is -0.0394. The van der Waals surface area contributed by atoms with Gasteiger partial charge in [-0.1, -0.05) is 17.8 Å². The van der Waals surface area contributed by atoms with Crippen LogP contribution in [0.1, 0.15) is 29.0 Å². The molecule has 0 aliphatic heterocycles. The van der Waals surface area contributed by atoms with Gasteiger partial charge in [0.05, 0.1) is 23.9 Å². The van der Waals surface area contributed by atoms with Crippen LogP contribution in [0.2, 0.25) is 0 Å². The number of anilines is 1. The maximum absolute atomic E-state index is 13.5. The number of amides is 1. The zero-order valence-electron chi connectivity index (χ0n) is 17.1. The first-order valence-corrected chi connectivity index (χ1v) is 12.1. The first-order chi connectivity index (χ1) is 15.6. The number of furan rings is 1. The molecule has 0 unspecified atom stereocenters. The normalized spacial score (nSPS) is 13.3. The van der Waals surface area contributed by atoms with Gasteiger partial charge in [-0.2, -0.15) is 0 Å². The number of hydrogen-bond acceptors (Lipinski definition) is 6. The lowest BCUT2D eigenvalue weighted by Crippen LogP contribution is -2.25. The third-order valence-electron chi connectivity index (χ3n) is 5.37. The van der Waals surface area contributed by atoms with Crippen molar-refractivity contribution in [3.63, 3.8) is 0 Å². The van der Waals surface area contributed by atoms with Gasteiger partial charge >= 0.3 is 0 Å². The van der Waals surface area contributed by atoms with Crippen molar-refractivity contribution < 1.29 is 13.6 Å². The van der Waals surface area contributed by atoms with Gasteiger partial charge < -0.3 is 9.73 Å². The Hall–Kier alpha value is -2.91. The van der Waals surface area contributed by atoms with E-state index in [1.165, 1.54) is 34.8 Å². The molecular formula is C23H20FN3O3S2. The molecule has 0 fully saturated rings. The largest absolute Gasteiger partial charge is 0.467 e. The molecule has 1 N–H and O–H groups in total. The molecule has 0 saturated carbocycles. The minimum absolute atomic E-state index is 0.0394. The van der Waals surface area contributed by atoms with Crippen LogP contribution in [-0.4, -0.2) is 21.2 Å². The number of carbonyl (C=O) groups is 1. The van der Waals surface area contributed by atoms with Gasteiger partial charge in [0.15, 0.2) is 5.16 Å². The van der Waals surface area contributed by atoms with Crippen LogP contribution in [0, 0.1) is 5.82 Å². The Labute approximate surface area is 191 Å². The Morgan fingerprint density at radius 1 is 1.25 bits per heavy atom. The highest BCUT2D eigenvalue weighted by molar-refractivity contribution is 7.99. The summed E-state index contributed by atoms with van der Waals surface area (Å²) in [5.41, 5.74) is 1.42. The standard InChI is InChI=1S/C23H20FN3O3S2/c24-14-5-3-6-15(11-14)25-19(28)13-31-23-26-21-20(17-8-1-2-9-18(17)32-21)22(29)27(23)12-16-7-4-10-30-16/h3-7,10-11H,1-2,8-9,12-13H2,(H,25,28). The van der Waals surface area contributed by atoms with Crippen molar-refractivity contribution in [1.29, 1.82) is 0 Å². The third-order valence-corrected chi connectivity index (χ3v) is 7.54. The number of carbonyl (C=O) groups excluding carboxylic acids is 1. The first-order valence-electron chi connectivity index (χ1n) is 10.3. The minimum atomic E-state index is -0.420.